The van der Waals surface area contributed by atoms with Crippen LogP contribution in [-0.2, 0) is 38.6 Å². The van der Waals surface area contributed by atoms with Crippen LogP contribution in [0.25, 0.3) is 5.65 Å². The van der Waals surface area contributed by atoms with Gasteiger partial charge < -0.3 is 25.3 Å². The Morgan fingerprint density at radius 2 is 1.82 bits per heavy atom. The molecule has 1 aliphatic heterocycles. The molecule has 3 N–H and O–H groups in total. The number of benzene rings is 1. The van der Waals surface area contributed by atoms with E-state index in [2.05, 4.69) is 47.4 Å². The fourth-order valence-corrected chi connectivity index (χ4v) is 6.99. The molecule has 18 nitrogen and oxygen atoms in total. The van der Waals surface area contributed by atoms with Gasteiger partial charge in [-0.05, 0) is 80.5 Å². The molecule has 0 bridgehead atoms. The van der Waals surface area contributed by atoms with Crippen molar-refractivity contribution >= 4 is 65.1 Å². The molecule has 1 aliphatic rings. The molecule has 0 spiro atoms. The minimum atomic E-state index is -0.725. The molecular formula is C43H51N13O5. The van der Waals surface area contributed by atoms with Gasteiger partial charge in [-0.15, -0.1) is 10.2 Å². The average Bonchev–Trinajstić information content (AvgIpc) is 3.91. The number of unbranched alkanes of at least 4 members (excludes halogenated alkanes) is 3. The van der Waals surface area contributed by atoms with E-state index in [9.17, 15) is 24.0 Å². The number of imide groups is 1. The van der Waals surface area contributed by atoms with E-state index in [1.807, 2.05) is 72.2 Å². The van der Waals surface area contributed by atoms with E-state index in [4.69, 9.17) is 0 Å². The zero-order valence-electron chi connectivity index (χ0n) is 34.6. The number of allylic oxidation sites excluding steroid dienone is 3. The number of hydrogen-bond donors (Lipinski definition) is 3. The van der Waals surface area contributed by atoms with Crippen molar-refractivity contribution in [2.75, 3.05) is 53.0 Å². The minimum Gasteiger partial charge on any atom is -0.382 e. The van der Waals surface area contributed by atoms with Crippen LogP contribution in [0.1, 0.15) is 66.7 Å². The highest BCUT2D eigenvalue weighted by molar-refractivity contribution is 6.04. The van der Waals surface area contributed by atoms with Gasteiger partial charge in [0.2, 0.25) is 18.2 Å². The maximum atomic E-state index is 12.5. The number of aryl methyl sites for hydroxylation is 3. The van der Waals surface area contributed by atoms with Crippen LogP contribution in [0, 0.1) is 0 Å². The zero-order chi connectivity index (χ0) is 43.1. The van der Waals surface area contributed by atoms with Crippen molar-refractivity contribution in [3.05, 3.63) is 102 Å². The summed E-state index contributed by atoms with van der Waals surface area (Å²) in [5.41, 5.74) is 5.17. The molecule has 18 heteroatoms. The Labute approximate surface area is 353 Å². The van der Waals surface area contributed by atoms with Crippen molar-refractivity contribution in [2.45, 2.75) is 70.4 Å². The zero-order valence-corrected chi connectivity index (χ0v) is 34.6. The molecule has 1 atom stereocenters. The van der Waals surface area contributed by atoms with Crippen molar-refractivity contribution in [3.63, 3.8) is 0 Å². The Bertz CT molecular complexity index is 2370. The van der Waals surface area contributed by atoms with Gasteiger partial charge in [0, 0.05) is 65.3 Å². The largest absolute Gasteiger partial charge is 0.382 e. The smallest absolute Gasteiger partial charge is 0.249 e. The van der Waals surface area contributed by atoms with Crippen LogP contribution in [0.4, 0.5) is 28.7 Å². The van der Waals surface area contributed by atoms with Crippen LogP contribution in [-0.4, -0.2) is 99.1 Å². The van der Waals surface area contributed by atoms with Gasteiger partial charge in [0.15, 0.2) is 24.0 Å². The molecule has 6 rings (SSSR count). The monoisotopic (exact) mass is 829 g/mol. The number of nitrogens with zero attached hydrogens (tertiary/aromatic N) is 10. The van der Waals surface area contributed by atoms with Gasteiger partial charge >= 0.3 is 0 Å². The highest BCUT2D eigenvalue weighted by Crippen LogP contribution is 2.32. The number of piperidine rings is 1. The molecule has 1 unspecified atom stereocenters. The number of rotatable bonds is 23. The first kappa shape index (κ1) is 43.3. The number of carbonyl (C=O) groups is 5. The quantitative estimate of drug-likeness (QED) is 0.0275. The van der Waals surface area contributed by atoms with Gasteiger partial charge in [0.25, 0.3) is 0 Å². The van der Waals surface area contributed by atoms with Gasteiger partial charge in [-0.3, -0.25) is 34.0 Å². The van der Waals surface area contributed by atoms with Gasteiger partial charge in [-0.25, -0.2) is 14.5 Å². The summed E-state index contributed by atoms with van der Waals surface area (Å²) in [6, 6.07) is 12.6. The standard InChI is InChI=1S/C43H51N13O5/c1-52(2)38-24-31(16-17-36(38)55(30-59)37-18-19-41(60)48-43(37)61)12-6-4-5-9-23-54-27-32(49-51-54)13-10-21-44-35-25-39(50-56-34(29-58)26-46-42(35)56)47-33(28-57)14-11-22-53(3)40-15-7-8-20-45-40/h7-8,11,14-17,20,22,24-30,37,44H,4-6,9-10,12-13,18-19,21,23H2,1-3H3,(H,47,50)(H,48,60,61)/b22-11-,33-14+. The molecule has 4 aromatic heterocycles. The molecule has 61 heavy (non-hydrogen) atoms. The van der Waals surface area contributed by atoms with Crippen molar-refractivity contribution in [1.29, 1.82) is 0 Å². The third-order valence-corrected chi connectivity index (χ3v) is 10.2. The van der Waals surface area contributed by atoms with E-state index in [1.165, 1.54) is 15.6 Å². The van der Waals surface area contributed by atoms with E-state index < -0.39 is 11.9 Å². The van der Waals surface area contributed by atoms with Crippen molar-refractivity contribution in [2.24, 2.45) is 0 Å². The van der Waals surface area contributed by atoms with Gasteiger partial charge in [0.1, 0.15) is 17.6 Å². The third-order valence-electron chi connectivity index (χ3n) is 10.2. The number of pyridine rings is 1. The van der Waals surface area contributed by atoms with Crippen molar-refractivity contribution in [1.82, 2.24) is 39.9 Å². The van der Waals surface area contributed by atoms with Crippen LogP contribution >= 0.6 is 0 Å². The molecule has 1 aromatic carbocycles. The van der Waals surface area contributed by atoms with Crippen LogP contribution in [0.3, 0.4) is 0 Å². The summed E-state index contributed by atoms with van der Waals surface area (Å²) in [4.78, 5) is 73.8. The van der Waals surface area contributed by atoms with Crippen molar-refractivity contribution in [3.8, 4) is 0 Å². The second-order valence-electron chi connectivity index (χ2n) is 14.8. The summed E-state index contributed by atoms with van der Waals surface area (Å²) < 4.78 is 3.32. The predicted molar refractivity (Wildman–Crippen MR) is 232 cm³/mol. The lowest BCUT2D eigenvalue weighted by atomic mass is 10.0. The summed E-state index contributed by atoms with van der Waals surface area (Å²) in [5.74, 6) is 0.331. The second kappa shape index (κ2) is 21.1. The number of aromatic nitrogens is 7. The van der Waals surface area contributed by atoms with Gasteiger partial charge in [-0.1, -0.05) is 30.2 Å². The second-order valence-corrected chi connectivity index (χ2v) is 14.8. The molecular weight excluding hydrogens is 779 g/mol. The van der Waals surface area contributed by atoms with E-state index in [1.54, 1.807) is 30.6 Å². The average molecular weight is 830 g/mol. The highest BCUT2D eigenvalue weighted by atomic mass is 16.2. The molecule has 0 radical (unpaired) electrons. The predicted octanol–water partition coefficient (Wildman–Crippen LogP) is 4.35. The molecule has 0 aliphatic carbocycles. The number of carbonyl (C=O) groups excluding carboxylic acids is 5. The Morgan fingerprint density at radius 1 is 0.967 bits per heavy atom. The Hall–Kier alpha value is -7.24. The van der Waals surface area contributed by atoms with Gasteiger partial charge in [0.05, 0.1) is 34.6 Å². The fraction of sp³-hybridized carbons (Fsp3) is 0.349. The summed E-state index contributed by atoms with van der Waals surface area (Å²) in [6.07, 6.45) is 19.2. The lowest BCUT2D eigenvalue weighted by Crippen LogP contribution is -2.52. The number of anilines is 5. The Kier molecular flexibility index (Phi) is 15.0. The molecule has 318 valence electrons. The van der Waals surface area contributed by atoms with E-state index in [0.29, 0.717) is 54.8 Å². The number of fused-ring (bicyclic) bond motifs is 1. The number of nitrogens with one attached hydrogen (secondary N) is 3. The maximum absolute atomic E-state index is 12.5. The normalized spacial score (nSPS) is 14.2. The summed E-state index contributed by atoms with van der Waals surface area (Å²) in [6.45, 7) is 1.35. The lowest BCUT2D eigenvalue weighted by molar-refractivity contribution is -0.134. The highest BCUT2D eigenvalue weighted by Gasteiger charge is 2.33. The summed E-state index contributed by atoms with van der Waals surface area (Å²) in [5, 5.41) is 22.0. The first-order chi connectivity index (χ1) is 29.7. The van der Waals surface area contributed by atoms with Crippen LogP contribution in [0.5, 0.6) is 0 Å². The van der Waals surface area contributed by atoms with Crippen LogP contribution in [0.15, 0.2) is 85.1 Å². The number of aldehydes is 2. The first-order valence-corrected chi connectivity index (χ1v) is 20.3. The molecule has 1 saturated heterocycles. The fourth-order valence-electron chi connectivity index (χ4n) is 6.99. The topological polar surface area (TPSA) is 205 Å². The minimum absolute atomic E-state index is 0.195. The molecule has 0 saturated carbocycles. The summed E-state index contributed by atoms with van der Waals surface area (Å²) >= 11 is 0. The number of amides is 3. The molecule has 5 heterocycles. The lowest BCUT2D eigenvalue weighted by Gasteiger charge is -2.32. The molecule has 3 amide bonds. The Morgan fingerprint density at radius 3 is 2.57 bits per heavy atom. The molecule has 1 fully saturated rings. The SMILES string of the molecule is CN(C)c1cc(CCCCCCn2cc(CCCNc3cc(N/C(C=O)=C/C=C\N(C)c4ccccn4)nn4c(C=O)cnc34)nn2)ccc1N(C=O)C1CCC(=O)NC1=O. The van der Waals surface area contributed by atoms with Gasteiger partial charge in [-0.2, -0.15) is 0 Å². The van der Waals surface area contributed by atoms with Crippen LogP contribution in [0.2, 0.25) is 0 Å². The van der Waals surface area contributed by atoms with E-state index in [0.717, 1.165) is 67.8 Å². The summed E-state index contributed by atoms with van der Waals surface area (Å²) in [7, 11) is 5.66. The molecule has 5 aromatic rings. The van der Waals surface area contributed by atoms with E-state index >= 15 is 0 Å². The maximum Gasteiger partial charge on any atom is 0.249 e. The van der Waals surface area contributed by atoms with Crippen molar-refractivity contribution < 1.29 is 24.0 Å². The van der Waals surface area contributed by atoms with E-state index in [-0.39, 0.29) is 30.1 Å². The van der Waals surface area contributed by atoms with Crippen LogP contribution < -0.4 is 30.7 Å². The number of imidazole rings is 1. The Balaban J connectivity index is 0.944. The third kappa shape index (κ3) is 11.5. The number of hydrogen-bond acceptors (Lipinski definition) is 14. The first-order valence-electron chi connectivity index (χ1n) is 20.3.